The van der Waals surface area contributed by atoms with Gasteiger partial charge in [-0.3, -0.25) is 0 Å². The largest absolute Gasteiger partial charge is 0.386 e. The van der Waals surface area contributed by atoms with Gasteiger partial charge in [-0.05, 0) is 30.3 Å². The van der Waals surface area contributed by atoms with Crippen LogP contribution in [0.15, 0.2) is 30.3 Å². The van der Waals surface area contributed by atoms with Gasteiger partial charge < -0.3 is 5.32 Å². The predicted octanol–water partition coefficient (Wildman–Crippen LogP) is 4.71. The van der Waals surface area contributed by atoms with E-state index in [2.05, 4.69) is 15.3 Å². The number of hydrogen-bond donors (Lipinski definition) is 1. The molecule has 3 rings (SSSR count). The van der Waals surface area contributed by atoms with E-state index >= 15 is 0 Å². The summed E-state index contributed by atoms with van der Waals surface area (Å²) in [7, 11) is 1.81. The van der Waals surface area contributed by atoms with Crippen LogP contribution in [0.25, 0.3) is 20.9 Å². The van der Waals surface area contributed by atoms with E-state index in [1.165, 1.54) is 0 Å². The SMILES string of the molecule is CNc1ccc(-c2nc3ccc(Cl)cc3s2)nc1Cl. The summed E-state index contributed by atoms with van der Waals surface area (Å²) in [6.45, 7) is 0. The Hall–Kier alpha value is -1.36. The van der Waals surface area contributed by atoms with E-state index < -0.39 is 0 Å². The van der Waals surface area contributed by atoms with Crippen LogP contribution >= 0.6 is 34.5 Å². The molecule has 2 heterocycles. The Morgan fingerprint density at radius 2 is 1.95 bits per heavy atom. The van der Waals surface area contributed by atoms with Gasteiger partial charge in [0.1, 0.15) is 10.7 Å². The molecular weight excluding hydrogens is 301 g/mol. The van der Waals surface area contributed by atoms with E-state index in [1.54, 1.807) is 11.3 Å². The molecule has 0 saturated heterocycles. The van der Waals surface area contributed by atoms with Crippen LogP contribution in [0.3, 0.4) is 0 Å². The number of halogens is 2. The molecule has 0 saturated carbocycles. The monoisotopic (exact) mass is 309 g/mol. The van der Waals surface area contributed by atoms with Gasteiger partial charge in [-0.2, -0.15) is 0 Å². The first-order valence-corrected chi connectivity index (χ1v) is 7.15. The minimum Gasteiger partial charge on any atom is -0.386 e. The molecule has 0 atom stereocenters. The zero-order chi connectivity index (χ0) is 13.4. The van der Waals surface area contributed by atoms with E-state index in [0.29, 0.717) is 10.2 Å². The highest BCUT2D eigenvalue weighted by Gasteiger charge is 2.10. The smallest absolute Gasteiger partial charge is 0.152 e. The summed E-state index contributed by atoms with van der Waals surface area (Å²) in [5.41, 5.74) is 2.48. The van der Waals surface area contributed by atoms with E-state index in [4.69, 9.17) is 23.2 Å². The molecule has 0 aliphatic heterocycles. The fourth-order valence-electron chi connectivity index (χ4n) is 1.75. The number of nitrogens with zero attached hydrogens (tertiary/aromatic N) is 2. The van der Waals surface area contributed by atoms with Gasteiger partial charge >= 0.3 is 0 Å². The van der Waals surface area contributed by atoms with E-state index in [1.807, 2.05) is 37.4 Å². The quantitative estimate of drug-likeness (QED) is 0.697. The molecule has 0 aliphatic carbocycles. The predicted molar refractivity (Wildman–Crippen MR) is 82.4 cm³/mol. The standard InChI is InChI=1S/C13H9Cl2N3S/c1-16-9-4-5-10(17-12(9)15)13-18-8-3-2-7(14)6-11(8)19-13/h2-6,16H,1H3. The van der Waals surface area contributed by atoms with Gasteiger partial charge in [-0.15, -0.1) is 11.3 Å². The third kappa shape index (κ3) is 2.39. The topological polar surface area (TPSA) is 37.8 Å². The maximum atomic E-state index is 6.09. The van der Waals surface area contributed by atoms with Crippen molar-refractivity contribution in [3.63, 3.8) is 0 Å². The highest BCUT2D eigenvalue weighted by atomic mass is 35.5. The van der Waals surface area contributed by atoms with Gasteiger partial charge in [0.15, 0.2) is 5.15 Å². The minimum atomic E-state index is 0.442. The summed E-state index contributed by atoms with van der Waals surface area (Å²) in [4.78, 5) is 8.89. The van der Waals surface area contributed by atoms with Gasteiger partial charge in [0.25, 0.3) is 0 Å². The lowest BCUT2D eigenvalue weighted by Gasteiger charge is -2.03. The molecule has 6 heteroatoms. The zero-order valence-corrected chi connectivity index (χ0v) is 12.3. The second-order valence-corrected chi connectivity index (χ2v) is 5.74. The summed E-state index contributed by atoms with van der Waals surface area (Å²) in [6.07, 6.45) is 0. The number of thiazole rings is 1. The van der Waals surface area contributed by atoms with Crippen molar-refractivity contribution in [3.05, 3.63) is 40.5 Å². The molecule has 3 aromatic rings. The first-order chi connectivity index (χ1) is 9.17. The van der Waals surface area contributed by atoms with E-state index in [9.17, 15) is 0 Å². The zero-order valence-electron chi connectivity index (χ0n) is 9.95. The molecule has 96 valence electrons. The fourth-order valence-corrected chi connectivity index (χ4v) is 3.21. The summed E-state index contributed by atoms with van der Waals surface area (Å²) in [5, 5.41) is 4.96. The lowest BCUT2D eigenvalue weighted by Crippen LogP contribution is -1.92. The molecule has 0 unspecified atom stereocenters. The average molecular weight is 310 g/mol. The molecule has 2 aromatic heterocycles. The summed E-state index contributed by atoms with van der Waals surface area (Å²) in [5.74, 6) is 0. The molecule has 1 N–H and O–H groups in total. The highest BCUT2D eigenvalue weighted by molar-refractivity contribution is 7.21. The first-order valence-electron chi connectivity index (χ1n) is 5.58. The fraction of sp³-hybridized carbons (Fsp3) is 0.0769. The van der Waals surface area contributed by atoms with Gasteiger partial charge in [0, 0.05) is 12.1 Å². The number of aromatic nitrogens is 2. The second-order valence-electron chi connectivity index (χ2n) is 3.92. The van der Waals surface area contributed by atoms with Gasteiger partial charge in [0.05, 0.1) is 15.9 Å². The molecule has 0 bridgehead atoms. The van der Waals surface area contributed by atoms with Gasteiger partial charge in [-0.25, -0.2) is 9.97 Å². The average Bonchev–Trinajstić information content (AvgIpc) is 2.81. The number of fused-ring (bicyclic) bond motifs is 1. The third-order valence-corrected chi connectivity index (χ3v) is 4.25. The van der Waals surface area contributed by atoms with Crippen molar-refractivity contribution in [1.29, 1.82) is 0 Å². The Labute approximate surface area is 124 Å². The molecule has 0 fully saturated rings. The minimum absolute atomic E-state index is 0.442. The maximum Gasteiger partial charge on any atom is 0.152 e. The van der Waals surface area contributed by atoms with Gasteiger partial charge in [0.2, 0.25) is 0 Å². The molecule has 19 heavy (non-hydrogen) atoms. The summed E-state index contributed by atoms with van der Waals surface area (Å²) < 4.78 is 1.04. The highest BCUT2D eigenvalue weighted by Crippen LogP contribution is 2.32. The lowest BCUT2D eigenvalue weighted by molar-refractivity contribution is 1.29. The van der Waals surface area contributed by atoms with Crippen LogP contribution < -0.4 is 5.32 Å². The Morgan fingerprint density at radius 3 is 2.68 bits per heavy atom. The van der Waals surface area contributed by atoms with Gasteiger partial charge in [-0.1, -0.05) is 23.2 Å². The number of nitrogens with one attached hydrogen (secondary N) is 1. The van der Waals surface area contributed by atoms with Crippen molar-refractivity contribution in [3.8, 4) is 10.7 Å². The Balaban J connectivity index is 2.11. The van der Waals surface area contributed by atoms with Crippen molar-refractivity contribution in [2.75, 3.05) is 12.4 Å². The number of anilines is 1. The molecule has 1 aromatic carbocycles. The molecule has 0 amide bonds. The molecule has 0 spiro atoms. The first kappa shape index (κ1) is 12.7. The Bertz CT molecular complexity index is 755. The van der Waals surface area contributed by atoms with E-state index in [0.717, 1.165) is 26.6 Å². The number of pyridine rings is 1. The molecular formula is C13H9Cl2N3S. The van der Waals surface area contributed by atoms with Crippen LogP contribution in [0, 0.1) is 0 Å². The van der Waals surface area contributed by atoms with Crippen molar-refractivity contribution < 1.29 is 0 Å². The van der Waals surface area contributed by atoms with Crippen molar-refractivity contribution in [1.82, 2.24) is 9.97 Å². The summed E-state index contributed by atoms with van der Waals surface area (Å²) in [6, 6.07) is 9.43. The van der Waals surface area contributed by atoms with Crippen LogP contribution in [0.2, 0.25) is 10.2 Å². The maximum absolute atomic E-state index is 6.09. The normalized spacial score (nSPS) is 10.9. The lowest BCUT2D eigenvalue weighted by atomic mass is 10.3. The van der Waals surface area contributed by atoms with Crippen LogP contribution in [-0.2, 0) is 0 Å². The van der Waals surface area contributed by atoms with Crippen LogP contribution in [0.4, 0.5) is 5.69 Å². The van der Waals surface area contributed by atoms with Crippen LogP contribution in [0.1, 0.15) is 0 Å². The van der Waals surface area contributed by atoms with Crippen molar-refractivity contribution in [2.45, 2.75) is 0 Å². The second kappa shape index (κ2) is 4.96. The van der Waals surface area contributed by atoms with Crippen molar-refractivity contribution in [2.24, 2.45) is 0 Å². The Morgan fingerprint density at radius 1 is 1.11 bits per heavy atom. The number of benzene rings is 1. The van der Waals surface area contributed by atoms with Crippen LogP contribution in [0.5, 0.6) is 0 Å². The number of rotatable bonds is 2. The Kier molecular flexibility index (Phi) is 3.31. The summed E-state index contributed by atoms with van der Waals surface area (Å²) >= 11 is 13.6. The third-order valence-electron chi connectivity index (χ3n) is 2.69. The molecule has 0 aliphatic rings. The van der Waals surface area contributed by atoms with Crippen LogP contribution in [-0.4, -0.2) is 17.0 Å². The van der Waals surface area contributed by atoms with E-state index in [-0.39, 0.29) is 0 Å². The van der Waals surface area contributed by atoms with Crippen molar-refractivity contribution >= 4 is 50.4 Å². The molecule has 0 radical (unpaired) electrons. The number of hydrogen-bond acceptors (Lipinski definition) is 4. The molecule has 3 nitrogen and oxygen atoms in total.